The highest BCUT2D eigenvalue weighted by molar-refractivity contribution is 7.91. The second kappa shape index (κ2) is 11.7. The van der Waals surface area contributed by atoms with Crippen LogP contribution in [0.2, 0.25) is 0 Å². The van der Waals surface area contributed by atoms with E-state index < -0.39 is 45.9 Å². The molecular formula is C26H43BN4O7S. The first-order valence-electron chi connectivity index (χ1n) is 13.6. The van der Waals surface area contributed by atoms with Crippen LogP contribution in [-0.4, -0.2) is 83.6 Å². The molecule has 218 valence electrons. The minimum Gasteiger partial charge on any atom is -0.444 e. The van der Waals surface area contributed by atoms with Crippen LogP contribution in [0.5, 0.6) is 0 Å². The number of hydrogen-bond acceptors (Lipinski definition) is 9. The van der Waals surface area contributed by atoms with Gasteiger partial charge in [-0.3, -0.25) is 4.79 Å². The highest BCUT2D eigenvalue weighted by Gasteiger charge is 2.52. The van der Waals surface area contributed by atoms with Crippen LogP contribution in [0.3, 0.4) is 0 Å². The lowest BCUT2D eigenvalue weighted by molar-refractivity contribution is -0.136. The van der Waals surface area contributed by atoms with Crippen LogP contribution >= 0.6 is 0 Å². The smallest absolute Gasteiger partial charge is 0.444 e. The van der Waals surface area contributed by atoms with Gasteiger partial charge in [0.05, 0.1) is 17.0 Å². The Bertz CT molecular complexity index is 1120. The molecule has 1 N–H and O–H groups in total. The van der Waals surface area contributed by atoms with Crippen molar-refractivity contribution in [2.45, 2.75) is 122 Å². The molecule has 2 aliphatic rings. The maximum absolute atomic E-state index is 13.1. The Kier molecular flexibility index (Phi) is 9.39. The third-order valence-corrected chi connectivity index (χ3v) is 9.01. The molecule has 2 fully saturated rings. The fourth-order valence-electron chi connectivity index (χ4n) is 4.57. The van der Waals surface area contributed by atoms with E-state index in [1.165, 1.54) is 12.4 Å². The number of carbonyl (C=O) groups is 2. The van der Waals surface area contributed by atoms with E-state index in [9.17, 15) is 18.0 Å². The van der Waals surface area contributed by atoms with Crippen molar-refractivity contribution in [3.05, 3.63) is 12.4 Å². The van der Waals surface area contributed by atoms with E-state index in [4.69, 9.17) is 14.0 Å². The molecule has 0 radical (unpaired) electrons. The van der Waals surface area contributed by atoms with Crippen molar-refractivity contribution in [3.8, 4) is 0 Å². The Morgan fingerprint density at radius 1 is 1.15 bits per heavy atom. The van der Waals surface area contributed by atoms with Crippen molar-refractivity contribution in [2.24, 2.45) is 0 Å². The molecule has 0 aromatic carbocycles. The number of hydrogen-bond donors (Lipinski definition) is 1. The molecule has 0 spiro atoms. The van der Waals surface area contributed by atoms with Crippen LogP contribution in [0.25, 0.3) is 0 Å². The summed E-state index contributed by atoms with van der Waals surface area (Å²) in [5.74, 6) is -0.331. The number of alkyl carbamates (subject to hydrolysis) is 1. The van der Waals surface area contributed by atoms with Gasteiger partial charge in [0, 0.05) is 30.4 Å². The van der Waals surface area contributed by atoms with Gasteiger partial charge in [-0.2, -0.15) is 0 Å². The van der Waals surface area contributed by atoms with Crippen molar-refractivity contribution < 1.29 is 32.1 Å². The number of carbonyl (C=O) groups excluding carboxylic acids is 2. The summed E-state index contributed by atoms with van der Waals surface area (Å²) in [6.07, 6.45) is 5.70. The molecule has 3 heterocycles. The summed E-state index contributed by atoms with van der Waals surface area (Å²) in [5, 5.41) is 2.37. The van der Waals surface area contributed by atoms with Crippen molar-refractivity contribution in [1.29, 1.82) is 0 Å². The predicted molar refractivity (Wildman–Crippen MR) is 147 cm³/mol. The van der Waals surface area contributed by atoms with E-state index >= 15 is 0 Å². The normalized spacial score (nSPS) is 21.9. The monoisotopic (exact) mass is 566 g/mol. The van der Waals surface area contributed by atoms with Gasteiger partial charge in [0.25, 0.3) is 0 Å². The van der Waals surface area contributed by atoms with Crippen LogP contribution in [0, 0.1) is 0 Å². The van der Waals surface area contributed by atoms with Crippen LogP contribution in [0.15, 0.2) is 17.6 Å². The zero-order valence-electron chi connectivity index (χ0n) is 24.4. The predicted octanol–water partition coefficient (Wildman–Crippen LogP) is 2.62. The topological polar surface area (TPSA) is 137 Å². The number of aromatic nitrogens is 2. The zero-order valence-corrected chi connectivity index (χ0v) is 25.3. The maximum atomic E-state index is 13.1. The van der Waals surface area contributed by atoms with Gasteiger partial charge in [-0.15, -0.1) is 0 Å². The fourth-order valence-corrected chi connectivity index (χ4v) is 5.73. The molecule has 1 aromatic heterocycles. The first kappa shape index (κ1) is 31.3. The van der Waals surface area contributed by atoms with Crippen molar-refractivity contribution in [3.63, 3.8) is 0 Å². The van der Waals surface area contributed by atoms with Gasteiger partial charge in [0.2, 0.25) is 20.9 Å². The molecular weight excluding hydrogens is 523 g/mol. The SMILES string of the molecule is CC(NC(=O)OC(C)(C)C)C(=O)N1CCCCC1CCCS(=O)(=O)c1ncc(B2OC(C)(C)C(C)(C)O2)cn1. The molecule has 0 bridgehead atoms. The first-order valence-corrected chi connectivity index (χ1v) is 15.3. The van der Waals surface area contributed by atoms with E-state index in [0.29, 0.717) is 24.8 Å². The van der Waals surface area contributed by atoms with Crippen molar-refractivity contribution in [2.75, 3.05) is 12.3 Å². The molecule has 2 unspecified atom stereocenters. The Hall–Kier alpha value is -2.25. The summed E-state index contributed by atoms with van der Waals surface area (Å²) in [4.78, 5) is 35.2. The maximum Gasteiger partial charge on any atom is 0.498 e. The quantitative estimate of drug-likeness (QED) is 0.372. The average molecular weight is 567 g/mol. The molecule has 2 aliphatic heterocycles. The lowest BCUT2D eigenvalue weighted by Crippen LogP contribution is -2.52. The Morgan fingerprint density at radius 3 is 2.31 bits per heavy atom. The summed E-state index contributed by atoms with van der Waals surface area (Å²) in [7, 11) is -4.39. The fraction of sp³-hybridized carbons (Fsp3) is 0.769. The molecule has 0 saturated carbocycles. The number of piperidine rings is 1. The van der Waals surface area contributed by atoms with Gasteiger partial charge in [-0.25, -0.2) is 23.2 Å². The van der Waals surface area contributed by atoms with E-state index in [1.54, 1.807) is 32.6 Å². The van der Waals surface area contributed by atoms with Crippen molar-refractivity contribution in [1.82, 2.24) is 20.2 Å². The second-order valence-corrected chi connectivity index (χ2v) is 14.4. The van der Waals surface area contributed by atoms with Gasteiger partial charge >= 0.3 is 13.2 Å². The molecule has 0 aliphatic carbocycles. The molecule has 39 heavy (non-hydrogen) atoms. The standard InChI is InChI=1S/C26H43BN4O7S/c1-18(30-23(33)36-24(2,3)4)21(32)31-14-10-9-12-20(31)13-11-15-39(34,35)22-28-16-19(17-29-22)27-37-25(5,6)26(7,8)38-27/h16-18,20H,9-15H2,1-8H3,(H,30,33). The van der Waals surface area contributed by atoms with Crippen LogP contribution in [-0.2, 0) is 28.7 Å². The Labute approximate surface area is 232 Å². The number of amides is 2. The molecule has 2 saturated heterocycles. The van der Waals surface area contributed by atoms with Gasteiger partial charge in [0.1, 0.15) is 11.6 Å². The number of sulfone groups is 1. The highest BCUT2D eigenvalue weighted by Crippen LogP contribution is 2.36. The third-order valence-electron chi connectivity index (χ3n) is 7.42. The summed E-state index contributed by atoms with van der Waals surface area (Å²) < 4.78 is 43.1. The number of nitrogens with zero attached hydrogens (tertiary/aromatic N) is 3. The lowest BCUT2D eigenvalue weighted by atomic mass is 9.81. The third kappa shape index (κ3) is 7.91. The van der Waals surface area contributed by atoms with E-state index in [1.807, 2.05) is 27.7 Å². The van der Waals surface area contributed by atoms with E-state index in [2.05, 4.69) is 15.3 Å². The van der Waals surface area contributed by atoms with Gasteiger partial charge in [-0.05, 0) is 87.5 Å². The van der Waals surface area contributed by atoms with Gasteiger partial charge in [-0.1, -0.05) is 0 Å². The molecule has 2 amide bonds. The molecule has 13 heteroatoms. The summed E-state index contributed by atoms with van der Waals surface area (Å²) >= 11 is 0. The van der Waals surface area contributed by atoms with Gasteiger partial charge in [0.15, 0.2) is 0 Å². The Balaban J connectivity index is 1.56. The zero-order chi connectivity index (χ0) is 29.2. The summed E-state index contributed by atoms with van der Waals surface area (Å²) in [6.45, 7) is 15.2. The molecule has 11 nitrogen and oxygen atoms in total. The minimum absolute atomic E-state index is 0.101. The summed E-state index contributed by atoms with van der Waals surface area (Å²) in [6, 6.07) is -0.851. The first-order chi connectivity index (χ1) is 17.9. The number of likely N-dealkylation sites (tertiary alicyclic amines) is 1. The second-order valence-electron chi connectivity index (χ2n) is 12.4. The lowest BCUT2D eigenvalue weighted by Gasteiger charge is -2.37. The van der Waals surface area contributed by atoms with E-state index in [-0.39, 0.29) is 22.9 Å². The molecule has 3 rings (SSSR count). The highest BCUT2D eigenvalue weighted by atomic mass is 32.2. The van der Waals surface area contributed by atoms with Gasteiger partial charge < -0.3 is 24.3 Å². The summed E-state index contributed by atoms with van der Waals surface area (Å²) in [5.41, 5.74) is -1.17. The van der Waals surface area contributed by atoms with Crippen LogP contribution < -0.4 is 10.8 Å². The number of rotatable bonds is 8. The Morgan fingerprint density at radius 2 is 1.74 bits per heavy atom. The number of nitrogens with one attached hydrogen (secondary N) is 1. The van der Waals surface area contributed by atoms with Crippen molar-refractivity contribution >= 4 is 34.4 Å². The van der Waals surface area contributed by atoms with E-state index in [0.717, 1.165) is 19.3 Å². The largest absolute Gasteiger partial charge is 0.498 e. The van der Waals surface area contributed by atoms with Crippen LogP contribution in [0.1, 0.15) is 87.5 Å². The molecule has 2 atom stereocenters. The number of ether oxygens (including phenoxy) is 1. The average Bonchev–Trinajstić information content (AvgIpc) is 3.04. The van der Waals surface area contributed by atoms with Crippen LogP contribution in [0.4, 0.5) is 4.79 Å². The molecule has 1 aromatic rings. The minimum atomic E-state index is -3.72.